The molecule has 1 saturated carbocycles. The Morgan fingerprint density at radius 2 is 1.80 bits per heavy atom. The molecule has 0 aromatic carbocycles. The summed E-state index contributed by atoms with van der Waals surface area (Å²) in [5.41, 5.74) is 2.19. The lowest BCUT2D eigenvalue weighted by atomic mass is 9.79. The van der Waals surface area contributed by atoms with E-state index < -0.39 is 0 Å². The summed E-state index contributed by atoms with van der Waals surface area (Å²) < 4.78 is 5.19. The number of carbonyl (C=O) groups is 1. The number of nitrogens with zero attached hydrogens (tertiary/aromatic N) is 2. The first-order valence-electron chi connectivity index (χ1n) is 10.0. The lowest BCUT2D eigenvalue weighted by Gasteiger charge is -2.48. The minimum Gasteiger partial charge on any atom is -0.361 e. The Morgan fingerprint density at radius 3 is 2.44 bits per heavy atom. The zero-order chi connectivity index (χ0) is 17.7. The zero-order valence-corrected chi connectivity index (χ0v) is 15.9. The number of rotatable bonds is 6. The highest BCUT2D eigenvalue weighted by Gasteiger charge is 2.38. The Morgan fingerprint density at radius 1 is 1.12 bits per heavy atom. The number of amides is 1. The molecule has 1 aromatic heterocycles. The lowest BCUT2D eigenvalue weighted by molar-refractivity contribution is -0.122. The van der Waals surface area contributed by atoms with Crippen molar-refractivity contribution in [2.24, 2.45) is 0 Å². The van der Waals surface area contributed by atoms with Crippen molar-refractivity contribution in [1.29, 1.82) is 0 Å². The van der Waals surface area contributed by atoms with Crippen molar-refractivity contribution in [1.82, 2.24) is 15.4 Å². The Hall–Kier alpha value is -1.36. The molecule has 2 aliphatic rings. The van der Waals surface area contributed by atoms with Gasteiger partial charge in [-0.15, -0.1) is 0 Å². The molecule has 1 saturated heterocycles. The normalized spacial score (nSPS) is 21.2. The average molecular weight is 348 g/mol. The van der Waals surface area contributed by atoms with Gasteiger partial charge in [-0.3, -0.25) is 9.69 Å². The molecule has 0 radical (unpaired) electrons. The second kappa shape index (κ2) is 8.35. The maximum absolute atomic E-state index is 12.4. The fraction of sp³-hybridized carbons (Fsp3) is 0.800. The van der Waals surface area contributed by atoms with Crippen molar-refractivity contribution < 1.29 is 9.32 Å². The SMILES string of the molecule is Cc1noc(C)c1CCC(=O)NCC1(N2CCCCC2)CCCCC1. The number of aromatic nitrogens is 1. The molecule has 3 rings (SSSR count). The van der Waals surface area contributed by atoms with E-state index in [0.29, 0.717) is 12.8 Å². The quantitative estimate of drug-likeness (QED) is 0.855. The molecule has 0 atom stereocenters. The van der Waals surface area contributed by atoms with E-state index in [0.717, 1.165) is 23.6 Å². The molecule has 1 aliphatic carbocycles. The van der Waals surface area contributed by atoms with E-state index in [2.05, 4.69) is 15.4 Å². The second-order valence-corrected chi connectivity index (χ2v) is 7.91. The molecule has 0 spiro atoms. The molecule has 25 heavy (non-hydrogen) atoms. The third kappa shape index (κ3) is 4.43. The predicted octanol–water partition coefficient (Wildman–Crippen LogP) is 3.53. The average Bonchev–Trinajstić information content (AvgIpc) is 2.98. The molecule has 1 aliphatic heterocycles. The van der Waals surface area contributed by atoms with Crippen molar-refractivity contribution in [2.75, 3.05) is 19.6 Å². The van der Waals surface area contributed by atoms with E-state index in [-0.39, 0.29) is 11.4 Å². The van der Waals surface area contributed by atoms with Gasteiger partial charge in [0.25, 0.3) is 0 Å². The van der Waals surface area contributed by atoms with Crippen molar-refractivity contribution in [3.63, 3.8) is 0 Å². The topological polar surface area (TPSA) is 58.4 Å². The van der Waals surface area contributed by atoms with Crippen LogP contribution >= 0.6 is 0 Å². The number of likely N-dealkylation sites (tertiary alicyclic amines) is 1. The smallest absolute Gasteiger partial charge is 0.220 e. The maximum Gasteiger partial charge on any atom is 0.220 e. The van der Waals surface area contributed by atoms with Crippen molar-refractivity contribution in [2.45, 2.75) is 83.6 Å². The van der Waals surface area contributed by atoms with Crippen LogP contribution in [0.5, 0.6) is 0 Å². The highest BCUT2D eigenvalue weighted by Crippen LogP contribution is 2.35. The molecule has 1 N–H and O–H groups in total. The molecule has 0 unspecified atom stereocenters. The maximum atomic E-state index is 12.4. The van der Waals surface area contributed by atoms with Gasteiger partial charge in [-0.1, -0.05) is 30.8 Å². The van der Waals surface area contributed by atoms with E-state index in [1.165, 1.54) is 64.5 Å². The number of nitrogens with one attached hydrogen (secondary N) is 1. The summed E-state index contributed by atoms with van der Waals surface area (Å²) in [5, 5.41) is 7.23. The van der Waals surface area contributed by atoms with Crippen LogP contribution in [0.2, 0.25) is 0 Å². The first-order valence-corrected chi connectivity index (χ1v) is 10.0. The molecule has 1 amide bonds. The summed E-state index contributed by atoms with van der Waals surface area (Å²) >= 11 is 0. The minimum atomic E-state index is 0.155. The molecule has 2 heterocycles. The fourth-order valence-electron chi connectivity index (χ4n) is 4.63. The van der Waals surface area contributed by atoms with Crippen LogP contribution in [-0.4, -0.2) is 41.1 Å². The van der Waals surface area contributed by atoms with Crippen LogP contribution in [0.3, 0.4) is 0 Å². The Bertz CT molecular complexity index is 550. The van der Waals surface area contributed by atoms with E-state index in [1.54, 1.807) is 0 Å². The van der Waals surface area contributed by atoms with Gasteiger partial charge in [0.05, 0.1) is 5.69 Å². The number of aryl methyl sites for hydroxylation is 2. The Labute approximate surface area is 151 Å². The lowest BCUT2D eigenvalue weighted by Crippen LogP contribution is -2.58. The first kappa shape index (κ1) is 18.4. The van der Waals surface area contributed by atoms with Gasteiger partial charge in [0.2, 0.25) is 5.91 Å². The highest BCUT2D eigenvalue weighted by atomic mass is 16.5. The predicted molar refractivity (Wildman–Crippen MR) is 98.5 cm³/mol. The molecule has 5 nitrogen and oxygen atoms in total. The number of hydrogen-bond donors (Lipinski definition) is 1. The van der Waals surface area contributed by atoms with Gasteiger partial charge in [0.15, 0.2) is 0 Å². The molecular formula is C20H33N3O2. The van der Waals surface area contributed by atoms with Crippen LogP contribution in [-0.2, 0) is 11.2 Å². The fourth-order valence-corrected chi connectivity index (χ4v) is 4.63. The van der Waals surface area contributed by atoms with E-state index in [9.17, 15) is 4.79 Å². The van der Waals surface area contributed by atoms with E-state index >= 15 is 0 Å². The second-order valence-electron chi connectivity index (χ2n) is 7.91. The van der Waals surface area contributed by atoms with Gasteiger partial charge in [-0.25, -0.2) is 0 Å². The van der Waals surface area contributed by atoms with Crippen molar-refractivity contribution in [3.05, 3.63) is 17.0 Å². The Kier molecular flexibility index (Phi) is 6.15. The van der Waals surface area contributed by atoms with Crippen LogP contribution in [0.1, 0.15) is 74.8 Å². The standard InChI is InChI=1S/C20H33N3O2/c1-16-18(17(2)25-22-16)9-10-19(24)21-15-20(11-5-3-6-12-20)23-13-7-4-8-14-23/h3-15H2,1-2H3,(H,21,24). The van der Waals surface area contributed by atoms with Crippen LogP contribution in [0, 0.1) is 13.8 Å². The third-order valence-electron chi connectivity index (χ3n) is 6.21. The van der Waals surface area contributed by atoms with Crippen molar-refractivity contribution >= 4 is 5.91 Å². The van der Waals surface area contributed by atoms with Gasteiger partial charge in [-0.2, -0.15) is 0 Å². The van der Waals surface area contributed by atoms with E-state index in [4.69, 9.17) is 4.52 Å². The van der Waals surface area contributed by atoms with Gasteiger partial charge in [0.1, 0.15) is 5.76 Å². The van der Waals surface area contributed by atoms with E-state index in [1.807, 2.05) is 13.8 Å². The first-order chi connectivity index (χ1) is 12.1. The summed E-state index contributed by atoms with van der Waals surface area (Å²) in [6.07, 6.45) is 11.6. The van der Waals surface area contributed by atoms with Crippen LogP contribution in [0.4, 0.5) is 0 Å². The largest absolute Gasteiger partial charge is 0.361 e. The monoisotopic (exact) mass is 347 g/mol. The van der Waals surface area contributed by atoms with Crippen LogP contribution < -0.4 is 5.32 Å². The molecule has 2 fully saturated rings. The van der Waals surface area contributed by atoms with Crippen LogP contribution in [0.25, 0.3) is 0 Å². The number of hydrogen-bond acceptors (Lipinski definition) is 4. The summed E-state index contributed by atoms with van der Waals surface area (Å²) in [7, 11) is 0. The van der Waals surface area contributed by atoms with Gasteiger partial charge in [-0.05, 0) is 59.0 Å². The van der Waals surface area contributed by atoms with Gasteiger partial charge >= 0.3 is 0 Å². The molecule has 0 bridgehead atoms. The number of piperidine rings is 1. The van der Waals surface area contributed by atoms with Gasteiger partial charge < -0.3 is 9.84 Å². The zero-order valence-electron chi connectivity index (χ0n) is 15.9. The Balaban J connectivity index is 1.54. The molecule has 1 aromatic rings. The molecule has 5 heteroatoms. The summed E-state index contributed by atoms with van der Waals surface area (Å²) in [6, 6.07) is 0. The van der Waals surface area contributed by atoms with Gasteiger partial charge in [0, 0.05) is 24.1 Å². The summed E-state index contributed by atoms with van der Waals surface area (Å²) in [4.78, 5) is 15.1. The van der Waals surface area contributed by atoms with Crippen molar-refractivity contribution in [3.8, 4) is 0 Å². The number of carbonyl (C=O) groups excluding carboxylic acids is 1. The minimum absolute atomic E-state index is 0.155. The van der Waals surface area contributed by atoms with Crippen LogP contribution in [0.15, 0.2) is 4.52 Å². The molecule has 140 valence electrons. The third-order valence-corrected chi connectivity index (χ3v) is 6.21. The summed E-state index contributed by atoms with van der Waals surface area (Å²) in [6.45, 7) is 7.08. The highest BCUT2D eigenvalue weighted by molar-refractivity contribution is 5.76. The summed E-state index contributed by atoms with van der Waals surface area (Å²) in [5.74, 6) is 0.990. The molecular weight excluding hydrogens is 314 g/mol.